The Kier molecular flexibility index (Phi) is 7.43. The molecule has 1 aromatic carbocycles. The van der Waals surface area contributed by atoms with Crippen molar-refractivity contribution in [1.29, 1.82) is 0 Å². The van der Waals surface area contributed by atoms with Crippen LogP contribution in [0.1, 0.15) is 44.4 Å². The number of hydrogen-bond acceptors (Lipinski definition) is 4. The van der Waals surface area contributed by atoms with Gasteiger partial charge in [-0.1, -0.05) is 56.7 Å². The maximum Gasteiger partial charge on any atom is 0.325 e. The van der Waals surface area contributed by atoms with Gasteiger partial charge in [-0.25, -0.2) is 4.79 Å². The molecule has 1 aromatic heterocycles. The quantitative estimate of drug-likeness (QED) is 0.591. The number of carbonyl (C=O) groups is 2. The van der Waals surface area contributed by atoms with Gasteiger partial charge in [0.05, 0.1) is 0 Å². The molecule has 0 bridgehead atoms. The highest BCUT2D eigenvalue weighted by atomic mass is 16.2. The van der Waals surface area contributed by atoms with Gasteiger partial charge in [-0.15, -0.1) is 0 Å². The Hall–Kier alpha value is -2.73. The summed E-state index contributed by atoms with van der Waals surface area (Å²) in [4.78, 5) is 35.2. The smallest absolute Gasteiger partial charge is 0.322 e. The fraction of sp³-hybridized carbons (Fsp3) is 0.519. The lowest BCUT2D eigenvalue weighted by Gasteiger charge is -2.41. The van der Waals surface area contributed by atoms with Crippen molar-refractivity contribution < 1.29 is 9.59 Å². The first-order chi connectivity index (χ1) is 16.0. The van der Waals surface area contributed by atoms with E-state index < -0.39 is 5.54 Å². The molecule has 2 aromatic rings. The number of pyridine rings is 1. The fourth-order valence-corrected chi connectivity index (χ4v) is 5.26. The lowest BCUT2D eigenvalue weighted by Crippen LogP contribution is -2.57. The number of carbonyl (C=O) groups excluding carboxylic acids is 2. The Morgan fingerprint density at radius 3 is 2.48 bits per heavy atom. The Morgan fingerprint density at radius 2 is 1.82 bits per heavy atom. The molecule has 2 aliphatic rings. The molecule has 2 fully saturated rings. The number of nitrogens with zero attached hydrogens (tertiary/aromatic N) is 3. The molecule has 0 radical (unpaired) electrons. The molecule has 2 aliphatic heterocycles. The summed E-state index contributed by atoms with van der Waals surface area (Å²) in [6.07, 6.45) is 5.86. The Labute approximate surface area is 197 Å². The van der Waals surface area contributed by atoms with E-state index in [0.717, 1.165) is 43.7 Å². The summed E-state index contributed by atoms with van der Waals surface area (Å²) in [6, 6.07) is 15.5. The van der Waals surface area contributed by atoms with Crippen LogP contribution in [0.25, 0.3) is 0 Å². The summed E-state index contributed by atoms with van der Waals surface area (Å²) < 4.78 is 0. The molecule has 3 amide bonds. The minimum Gasteiger partial charge on any atom is -0.322 e. The third-order valence-corrected chi connectivity index (χ3v) is 7.40. The largest absolute Gasteiger partial charge is 0.325 e. The molecule has 0 spiro atoms. The van der Waals surface area contributed by atoms with Crippen molar-refractivity contribution in [2.75, 3.05) is 26.2 Å². The zero-order valence-corrected chi connectivity index (χ0v) is 19.9. The summed E-state index contributed by atoms with van der Waals surface area (Å²) in [5.41, 5.74) is 1.10. The van der Waals surface area contributed by atoms with Crippen LogP contribution in [0.2, 0.25) is 0 Å². The monoisotopic (exact) mass is 448 g/mol. The SMILES string of the molecule is CCC(C)CN1CCC(C2(Cc3ccccc3)NC(=O)N(CCc3ccccn3)C2=O)CC1. The zero-order valence-electron chi connectivity index (χ0n) is 19.9. The van der Waals surface area contributed by atoms with Crippen molar-refractivity contribution in [3.05, 3.63) is 66.0 Å². The van der Waals surface area contributed by atoms with Gasteiger partial charge in [0.25, 0.3) is 5.91 Å². The second-order valence-electron chi connectivity index (χ2n) is 9.68. The van der Waals surface area contributed by atoms with E-state index in [4.69, 9.17) is 0 Å². The molecule has 6 nitrogen and oxygen atoms in total. The second kappa shape index (κ2) is 10.5. The standard InChI is InChI=1S/C27H36N4O2/c1-3-21(2)20-30-16-12-23(13-17-30)27(19-22-9-5-4-6-10-22)25(32)31(26(33)29-27)18-14-24-11-7-8-15-28-24/h4-11,15,21,23H,3,12-14,16-20H2,1-2H3,(H,29,33). The van der Waals surface area contributed by atoms with Crippen LogP contribution in [-0.4, -0.2) is 58.4 Å². The zero-order chi connectivity index (χ0) is 23.3. The predicted molar refractivity (Wildman–Crippen MR) is 130 cm³/mol. The van der Waals surface area contributed by atoms with Crippen LogP contribution in [-0.2, 0) is 17.6 Å². The summed E-state index contributed by atoms with van der Waals surface area (Å²) in [6.45, 7) is 7.93. The van der Waals surface area contributed by atoms with Gasteiger partial charge in [-0.3, -0.25) is 14.7 Å². The number of nitrogens with one attached hydrogen (secondary N) is 1. The van der Waals surface area contributed by atoms with E-state index in [1.54, 1.807) is 6.20 Å². The van der Waals surface area contributed by atoms with E-state index in [-0.39, 0.29) is 17.9 Å². The highest BCUT2D eigenvalue weighted by molar-refractivity contribution is 6.07. The molecule has 176 valence electrons. The number of piperidine rings is 1. The van der Waals surface area contributed by atoms with Crippen LogP contribution in [0, 0.1) is 11.8 Å². The number of rotatable bonds is 9. The van der Waals surface area contributed by atoms with Crippen LogP contribution >= 0.6 is 0 Å². The normalized spacial score (nSPS) is 23.0. The van der Waals surface area contributed by atoms with Crippen LogP contribution in [0.15, 0.2) is 54.7 Å². The Morgan fingerprint density at radius 1 is 1.09 bits per heavy atom. The average Bonchev–Trinajstić information content (AvgIpc) is 3.08. The fourth-order valence-electron chi connectivity index (χ4n) is 5.26. The molecule has 2 unspecified atom stereocenters. The molecule has 2 saturated heterocycles. The first kappa shape index (κ1) is 23.4. The maximum atomic E-state index is 13.9. The minimum atomic E-state index is -0.870. The first-order valence-corrected chi connectivity index (χ1v) is 12.3. The number of likely N-dealkylation sites (tertiary alicyclic amines) is 1. The molecular weight excluding hydrogens is 412 g/mol. The topological polar surface area (TPSA) is 65.5 Å². The van der Waals surface area contributed by atoms with Crippen molar-refractivity contribution in [2.45, 2.75) is 51.5 Å². The summed E-state index contributed by atoms with van der Waals surface area (Å²) in [5.74, 6) is 0.726. The molecule has 0 aliphatic carbocycles. The van der Waals surface area contributed by atoms with E-state index in [1.165, 1.54) is 11.3 Å². The Balaban J connectivity index is 1.52. The third-order valence-electron chi connectivity index (χ3n) is 7.40. The van der Waals surface area contributed by atoms with Gasteiger partial charge in [0, 0.05) is 37.8 Å². The minimum absolute atomic E-state index is 0.0762. The molecule has 3 heterocycles. The molecule has 4 rings (SSSR count). The summed E-state index contributed by atoms with van der Waals surface area (Å²) >= 11 is 0. The summed E-state index contributed by atoms with van der Waals surface area (Å²) in [5, 5.41) is 3.19. The van der Waals surface area contributed by atoms with Crippen molar-refractivity contribution in [2.24, 2.45) is 11.8 Å². The summed E-state index contributed by atoms with van der Waals surface area (Å²) in [7, 11) is 0. The van der Waals surface area contributed by atoms with Crippen LogP contribution in [0.3, 0.4) is 0 Å². The first-order valence-electron chi connectivity index (χ1n) is 12.3. The molecule has 0 saturated carbocycles. The molecule has 6 heteroatoms. The molecule has 2 atom stereocenters. The van der Waals surface area contributed by atoms with Gasteiger partial charge in [0.2, 0.25) is 0 Å². The van der Waals surface area contributed by atoms with Crippen molar-refractivity contribution >= 4 is 11.9 Å². The van der Waals surface area contributed by atoms with Crippen LogP contribution in [0.4, 0.5) is 4.79 Å². The molecule has 33 heavy (non-hydrogen) atoms. The molecular formula is C27H36N4O2. The van der Waals surface area contributed by atoms with E-state index in [9.17, 15) is 9.59 Å². The van der Waals surface area contributed by atoms with Gasteiger partial charge in [-0.05, 0) is 55.5 Å². The number of benzene rings is 1. The Bertz CT molecular complexity index is 928. The number of amides is 3. The van der Waals surface area contributed by atoms with Crippen molar-refractivity contribution in [1.82, 2.24) is 20.1 Å². The van der Waals surface area contributed by atoms with Crippen molar-refractivity contribution in [3.8, 4) is 0 Å². The number of hydrogen-bond donors (Lipinski definition) is 1. The van der Waals surface area contributed by atoms with Gasteiger partial charge in [-0.2, -0.15) is 0 Å². The number of imide groups is 1. The van der Waals surface area contributed by atoms with E-state index in [2.05, 4.69) is 41.2 Å². The molecule has 1 N–H and O–H groups in total. The highest BCUT2D eigenvalue weighted by Gasteiger charge is 2.55. The maximum absolute atomic E-state index is 13.9. The van der Waals surface area contributed by atoms with Crippen LogP contribution < -0.4 is 5.32 Å². The van der Waals surface area contributed by atoms with Crippen LogP contribution in [0.5, 0.6) is 0 Å². The van der Waals surface area contributed by atoms with Crippen molar-refractivity contribution in [3.63, 3.8) is 0 Å². The van der Waals surface area contributed by atoms with Gasteiger partial charge < -0.3 is 10.2 Å². The van der Waals surface area contributed by atoms with E-state index in [0.29, 0.717) is 25.3 Å². The lowest BCUT2D eigenvalue weighted by molar-refractivity contribution is -0.134. The van der Waals surface area contributed by atoms with Gasteiger partial charge in [0.1, 0.15) is 5.54 Å². The average molecular weight is 449 g/mol. The predicted octanol–water partition coefficient (Wildman–Crippen LogP) is 3.92. The van der Waals surface area contributed by atoms with Gasteiger partial charge in [0.15, 0.2) is 0 Å². The van der Waals surface area contributed by atoms with Gasteiger partial charge >= 0.3 is 6.03 Å². The van der Waals surface area contributed by atoms with E-state index >= 15 is 0 Å². The second-order valence-corrected chi connectivity index (χ2v) is 9.68. The number of aromatic nitrogens is 1. The highest BCUT2D eigenvalue weighted by Crippen LogP contribution is 2.36. The number of urea groups is 1. The third kappa shape index (κ3) is 5.27. The lowest BCUT2D eigenvalue weighted by atomic mass is 9.73. The van der Waals surface area contributed by atoms with E-state index in [1.807, 2.05) is 36.4 Å².